The van der Waals surface area contributed by atoms with Crippen molar-refractivity contribution in [2.75, 3.05) is 27.2 Å². The number of nitrogens with zero attached hydrogens (tertiary/aromatic N) is 1. The second-order valence-electron chi connectivity index (χ2n) is 5.56. The third-order valence-electron chi connectivity index (χ3n) is 3.23. The Morgan fingerprint density at radius 1 is 1.31 bits per heavy atom. The molecular weight excluding hydrogens is 160 g/mol. The molecule has 0 aromatic rings. The molecule has 1 aliphatic carbocycles. The molecule has 0 aromatic heterocycles. The summed E-state index contributed by atoms with van der Waals surface area (Å²) in [7, 11) is 4.28. The Morgan fingerprint density at radius 3 is 2.15 bits per heavy atom. The molecule has 78 valence electrons. The lowest BCUT2D eigenvalue weighted by Gasteiger charge is -2.35. The van der Waals surface area contributed by atoms with Crippen LogP contribution in [-0.2, 0) is 0 Å². The smallest absolute Gasteiger partial charge is 0.0122 e. The van der Waals surface area contributed by atoms with Crippen LogP contribution in [0.2, 0.25) is 0 Å². The average Bonchev–Trinajstić information content (AvgIpc) is 2.67. The minimum atomic E-state index is 0.309. The molecule has 0 amide bonds. The van der Waals surface area contributed by atoms with E-state index in [1.54, 1.807) is 0 Å². The van der Waals surface area contributed by atoms with Crippen LogP contribution in [0.1, 0.15) is 33.6 Å². The third-order valence-corrected chi connectivity index (χ3v) is 3.23. The molecule has 0 spiro atoms. The van der Waals surface area contributed by atoms with E-state index in [1.807, 2.05) is 0 Å². The van der Waals surface area contributed by atoms with Gasteiger partial charge in [-0.2, -0.15) is 0 Å². The minimum absolute atomic E-state index is 0.309. The van der Waals surface area contributed by atoms with Crippen LogP contribution in [0.4, 0.5) is 0 Å². The topological polar surface area (TPSA) is 15.3 Å². The van der Waals surface area contributed by atoms with Gasteiger partial charge >= 0.3 is 0 Å². The fourth-order valence-corrected chi connectivity index (χ4v) is 1.68. The molecule has 0 aliphatic heterocycles. The average molecular weight is 184 g/mol. The van der Waals surface area contributed by atoms with Gasteiger partial charge < -0.3 is 10.2 Å². The van der Waals surface area contributed by atoms with Gasteiger partial charge in [-0.25, -0.2) is 0 Å². The molecule has 1 saturated carbocycles. The zero-order valence-electron chi connectivity index (χ0n) is 9.78. The summed E-state index contributed by atoms with van der Waals surface area (Å²) in [6, 6.07) is 0. The Balaban J connectivity index is 2.40. The zero-order chi connectivity index (χ0) is 10.1. The van der Waals surface area contributed by atoms with E-state index >= 15 is 0 Å². The Morgan fingerprint density at radius 2 is 1.85 bits per heavy atom. The summed E-state index contributed by atoms with van der Waals surface area (Å²) >= 11 is 0. The van der Waals surface area contributed by atoms with Crippen LogP contribution < -0.4 is 5.32 Å². The highest BCUT2D eigenvalue weighted by Gasteiger charge is 2.43. The molecule has 1 rings (SSSR count). The summed E-state index contributed by atoms with van der Waals surface area (Å²) in [5, 5.41) is 3.30. The van der Waals surface area contributed by atoms with Gasteiger partial charge in [-0.3, -0.25) is 0 Å². The fraction of sp³-hybridized carbons (Fsp3) is 1.00. The summed E-state index contributed by atoms with van der Waals surface area (Å²) in [5.41, 5.74) is 0.903. The molecule has 1 N–H and O–H groups in total. The van der Waals surface area contributed by atoms with E-state index in [0.29, 0.717) is 11.0 Å². The summed E-state index contributed by atoms with van der Waals surface area (Å²) in [6.45, 7) is 9.25. The predicted octanol–water partition coefficient (Wildman–Crippen LogP) is 1.72. The molecular formula is C11H24N2. The van der Waals surface area contributed by atoms with Gasteiger partial charge in [-0.05, 0) is 53.1 Å². The lowest BCUT2D eigenvalue weighted by atomic mass is 10.0. The molecule has 1 aliphatic rings. The zero-order valence-corrected chi connectivity index (χ0v) is 9.78. The van der Waals surface area contributed by atoms with Gasteiger partial charge in [-0.1, -0.05) is 0 Å². The Hall–Kier alpha value is -0.0800. The second-order valence-corrected chi connectivity index (χ2v) is 5.56. The Bertz CT molecular complexity index is 165. The van der Waals surface area contributed by atoms with E-state index in [4.69, 9.17) is 0 Å². The minimum Gasteiger partial charge on any atom is -0.319 e. The molecule has 0 heterocycles. The first-order valence-electron chi connectivity index (χ1n) is 5.25. The Labute approximate surface area is 82.7 Å². The lowest BCUT2D eigenvalue weighted by molar-refractivity contribution is 0.140. The van der Waals surface area contributed by atoms with Crippen molar-refractivity contribution < 1.29 is 0 Å². The van der Waals surface area contributed by atoms with Gasteiger partial charge in [0.1, 0.15) is 0 Å². The summed E-state index contributed by atoms with van der Waals surface area (Å²) in [5.74, 6) is 0. The maximum atomic E-state index is 3.30. The van der Waals surface area contributed by atoms with E-state index in [2.05, 4.69) is 45.1 Å². The van der Waals surface area contributed by atoms with Gasteiger partial charge in [0.15, 0.2) is 0 Å². The van der Waals surface area contributed by atoms with E-state index in [-0.39, 0.29) is 0 Å². The molecule has 0 unspecified atom stereocenters. The first-order valence-corrected chi connectivity index (χ1v) is 5.25. The predicted molar refractivity (Wildman–Crippen MR) is 58.0 cm³/mol. The van der Waals surface area contributed by atoms with Crippen LogP contribution in [0.3, 0.4) is 0 Å². The fourth-order valence-electron chi connectivity index (χ4n) is 1.68. The molecule has 13 heavy (non-hydrogen) atoms. The largest absolute Gasteiger partial charge is 0.319 e. The maximum Gasteiger partial charge on any atom is 0.0122 e. The van der Waals surface area contributed by atoms with Crippen molar-refractivity contribution in [3.8, 4) is 0 Å². The maximum absolute atomic E-state index is 3.30. The second kappa shape index (κ2) is 3.58. The standard InChI is InChI=1S/C11H24N2/c1-10(2,3)13(5)9-11(6-7-11)8-12-4/h12H,6-9H2,1-5H3. The SMILES string of the molecule is CNCC1(CN(C)C(C)(C)C)CC1. The van der Waals surface area contributed by atoms with Crippen molar-refractivity contribution in [3.05, 3.63) is 0 Å². The third kappa shape index (κ3) is 2.96. The van der Waals surface area contributed by atoms with Gasteiger partial charge in [-0.15, -0.1) is 0 Å². The number of hydrogen-bond donors (Lipinski definition) is 1. The van der Waals surface area contributed by atoms with Crippen molar-refractivity contribution in [2.24, 2.45) is 5.41 Å². The Kier molecular flexibility index (Phi) is 3.03. The van der Waals surface area contributed by atoms with Crippen molar-refractivity contribution in [3.63, 3.8) is 0 Å². The van der Waals surface area contributed by atoms with Crippen molar-refractivity contribution in [1.82, 2.24) is 10.2 Å². The van der Waals surface area contributed by atoms with Gasteiger partial charge in [0.2, 0.25) is 0 Å². The lowest BCUT2D eigenvalue weighted by Crippen LogP contribution is -2.43. The highest BCUT2D eigenvalue weighted by atomic mass is 15.2. The van der Waals surface area contributed by atoms with Crippen molar-refractivity contribution in [2.45, 2.75) is 39.2 Å². The summed E-state index contributed by atoms with van der Waals surface area (Å²) in [6.07, 6.45) is 2.79. The molecule has 0 bridgehead atoms. The van der Waals surface area contributed by atoms with Crippen LogP contribution in [0.5, 0.6) is 0 Å². The van der Waals surface area contributed by atoms with Crippen molar-refractivity contribution >= 4 is 0 Å². The first kappa shape index (κ1) is 11.0. The van der Waals surface area contributed by atoms with E-state index in [0.717, 1.165) is 0 Å². The van der Waals surface area contributed by atoms with Crippen LogP contribution >= 0.6 is 0 Å². The molecule has 2 heteroatoms. The number of rotatable bonds is 4. The van der Waals surface area contributed by atoms with Crippen LogP contribution in [-0.4, -0.2) is 37.6 Å². The number of nitrogens with one attached hydrogen (secondary N) is 1. The van der Waals surface area contributed by atoms with E-state index in [1.165, 1.54) is 25.9 Å². The molecule has 2 nitrogen and oxygen atoms in total. The first-order chi connectivity index (χ1) is 5.90. The highest BCUT2D eigenvalue weighted by Crippen LogP contribution is 2.46. The van der Waals surface area contributed by atoms with Crippen LogP contribution in [0.25, 0.3) is 0 Å². The van der Waals surface area contributed by atoms with Gasteiger partial charge in [0.05, 0.1) is 0 Å². The molecule has 0 radical (unpaired) electrons. The quantitative estimate of drug-likeness (QED) is 0.715. The molecule has 0 saturated heterocycles. The van der Waals surface area contributed by atoms with Gasteiger partial charge in [0.25, 0.3) is 0 Å². The monoisotopic (exact) mass is 184 g/mol. The van der Waals surface area contributed by atoms with Gasteiger partial charge in [0, 0.05) is 18.6 Å². The van der Waals surface area contributed by atoms with Crippen molar-refractivity contribution in [1.29, 1.82) is 0 Å². The van der Waals surface area contributed by atoms with E-state index in [9.17, 15) is 0 Å². The highest BCUT2D eigenvalue weighted by molar-refractivity contribution is 4.97. The summed E-state index contributed by atoms with van der Waals surface area (Å²) < 4.78 is 0. The molecule has 0 atom stereocenters. The van der Waals surface area contributed by atoms with E-state index < -0.39 is 0 Å². The van der Waals surface area contributed by atoms with Crippen LogP contribution in [0, 0.1) is 5.41 Å². The molecule has 1 fully saturated rings. The molecule has 0 aromatic carbocycles. The normalized spacial score (nSPS) is 20.8. The number of hydrogen-bond acceptors (Lipinski definition) is 2. The van der Waals surface area contributed by atoms with Crippen LogP contribution in [0.15, 0.2) is 0 Å². The summed E-state index contributed by atoms with van der Waals surface area (Å²) in [4.78, 5) is 2.47.